The number of aryl methyl sites for hydroxylation is 1. The summed E-state index contributed by atoms with van der Waals surface area (Å²) in [5.74, 6) is 0. The second-order valence-corrected chi connectivity index (χ2v) is 4.56. The van der Waals surface area contributed by atoms with Crippen molar-refractivity contribution in [3.05, 3.63) is 42.2 Å². The van der Waals surface area contributed by atoms with Crippen LogP contribution >= 0.6 is 0 Å². The molecule has 4 heteroatoms. The molecule has 2 aromatic rings. The first-order valence-corrected chi connectivity index (χ1v) is 6.02. The monoisotopic (exact) mass is 228 g/mol. The number of nitrogens with zero attached hydrogens (tertiary/aromatic N) is 3. The van der Waals surface area contributed by atoms with Gasteiger partial charge < -0.3 is 9.88 Å². The molecule has 1 saturated heterocycles. The average molecular weight is 228 g/mol. The van der Waals surface area contributed by atoms with Gasteiger partial charge in [-0.3, -0.25) is 4.98 Å². The van der Waals surface area contributed by atoms with Crippen molar-refractivity contribution in [1.82, 2.24) is 19.9 Å². The normalized spacial score (nSPS) is 19.7. The van der Waals surface area contributed by atoms with Crippen LogP contribution in [0.15, 0.2) is 31.0 Å². The van der Waals surface area contributed by atoms with Crippen molar-refractivity contribution >= 4 is 0 Å². The summed E-state index contributed by atoms with van der Waals surface area (Å²) in [6.45, 7) is 3.16. The lowest BCUT2D eigenvalue weighted by Gasteiger charge is -2.13. The molecule has 0 bridgehead atoms. The van der Waals surface area contributed by atoms with Gasteiger partial charge in [0.1, 0.15) is 0 Å². The molecule has 1 atom stereocenters. The second kappa shape index (κ2) is 4.30. The first kappa shape index (κ1) is 10.5. The highest BCUT2D eigenvalue weighted by Crippen LogP contribution is 2.24. The Kier molecular flexibility index (Phi) is 2.65. The molecule has 0 unspecified atom stereocenters. The van der Waals surface area contributed by atoms with Crippen molar-refractivity contribution in [2.45, 2.75) is 25.8 Å². The maximum atomic E-state index is 4.27. The molecule has 17 heavy (non-hydrogen) atoms. The van der Waals surface area contributed by atoms with Crippen molar-refractivity contribution in [3.8, 4) is 5.69 Å². The average Bonchev–Trinajstić information content (AvgIpc) is 3.00. The van der Waals surface area contributed by atoms with Gasteiger partial charge in [-0.05, 0) is 37.9 Å². The van der Waals surface area contributed by atoms with E-state index in [0.717, 1.165) is 12.2 Å². The summed E-state index contributed by atoms with van der Waals surface area (Å²) < 4.78 is 2.13. The zero-order valence-electron chi connectivity index (χ0n) is 9.93. The van der Waals surface area contributed by atoms with E-state index >= 15 is 0 Å². The van der Waals surface area contributed by atoms with Crippen molar-refractivity contribution in [2.24, 2.45) is 0 Å². The zero-order valence-corrected chi connectivity index (χ0v) is 9.93. The minimum absolute atomic E-state index is 0.429. The lowest BCUT2D eigenvalue weighted by molar-refractivity contribution is 0.615. The quantitative estimate of drug-likeness (QED) is 0.855. The van der Waals surface area contributed by atoms with E-state index in [9.17, 15) is 0 Å². The van der Waals surface area contributed by atoms with E-state index in [1.54, 1.807) is 0 Å². The summed E-state index contributed by atoms with van der Waals surface area (Å²) in [6.07, 6.45) is 9.99. The van der Waals surface area contributed by atoms with E-state index in [-0.39, 0.29) is 0 Å². The van der Waals surface area contributed by atoms with E-state index in [1.807, 2.05) is 24.9 Å². The SMILES string of the molecule is Cc1cncc(-n2cncc2[C@@H]2CCCN2)c1. The first-order chi connectivity index (χ1) is 8.34. The smallest absolute Gasteiger partial charge is 0.0995 e. The number of imidazole rings is 1. The van der Waals surface area contributed by atoms with Crippen LogP contribution in [0.5, 0.6) is 0 Å². The molecular formula is C13H16N4. The Bertz CT molecular complexity index is 512. The third kappa shape index (κ3) is 1.96. The molecule has 3 heterocycles. The maximum absolute atomic E-state index is 4.27. The van der Waals surface area contributed by atoms with E-state index < -0.39 is 0 Å². The number of nitrogens with one attached hydrogen (secondary N) is 1. The molecule has 1 N–H and O–H groups in total. The van der Waals surface area contributed by atoms with Gasteiger partial charge in [0.15, 0.2) is 0 Å². The molecule has 88 valence electrons. The van der Waals surface area contributed by atoms with Crippen LogP contribution in [0.4, 0.5) is 0 Å². The van der Waals surface area contributed by atoms with Gasteiger partial charge >= 0.3 is 0 Å². The van der Waals surface area contributed by atoms with Crippen molar-refractivity contribution < 1.29 is 0 Å². The third-order valence-corrected chi connectivity index (χ3v) is 3.22. The first-order valence-electron chi connectivity index (χ1n) is 6.02. The Morgan fingerprint density at radius 3 is 3.00 bits per heavy atom. The number of pyridine rings is 1. The summed E-state index contributed by atoms with van der Waals surface area (Å²) in [5, 5.41) is 3.50. The van der Waals surface area contributed by atoms with E-state index in [1.165, 1.54) is 24.1 Å². The highest BCUT2D eigenvalue weighted by atomic mass is 15.1. The molecule has 0 spiro atoms. The minimum Gasteiger partial charge on any atom is -0.309 e. The van der Waals surface area contributed by atoms with Crippen LogP contribution in [-0.2, 0) is 0 Å². The van der Waals surface area contributed by atoms with Crippen LogP contribution in [0, 0.1) is 6.92 Å². The molecule has 3 rings (SSSR count). The van der Waals surface area contributed by atoms with Gasteiger partial charge in [-0.25, -0.2) is 4.98 Å². The summed E-state index contributed by atoms with van der Waals surface area (Å²) >= 11 is 0. The highest BCUT2D eigenvalue weighted by Gasteiger charge is 2.20. The van der Waals surface area contributed by atoms with Crippen LogP contribution in [-0.4, -0.2) is 21.1 Å². The van der Waals surface area contributed by atoms with Crippen LogP contribution in [0.3, 0.4) is 0 Å². The summed E-state index contributed by atoms with van der Waals surface area (Å²) in [4.78, 5) is 8.51. The topological polar surface area (TPSA) is 42.7 Å². The fraction of sp³-hybridized carbons (Fsp3) is 0.385. The van der Waals surface area contributed by atoms with Crippen LogP contribution in [0.1, 0.15) is 30.1 Å². The van der Waals surface area contributed by atoms with Gasteiger partial charge in [0.2, 0.25) is 0 Å². The molecule has 0 saturated carbocycles. The maximum Gasteiger partial charge on any atom is 0.0995 e. The van der Waals surface area contributed by atoms with Gasteiger partial charge in [-0.15, -0.1) is 0 Å². The van der Waals surface area contributed by atoms with Gasteiger partial charge in [0.25, 0.3) is 0 Å². The van der Waals surface area contributed by atoms with Gasteiger partial charge in [0, 0.05) is 12.2 Å². The van der Waals surface area contributed by atoms with Gasteiger partial charge in [0.05, 0.1) is 30.1 Å². The van der Waals surface area contributed by atoms with E-state index in [4.69, 9.17) is 0 Å². The third-order valence-electron chi connectivity index (χ3n) is 3.22. The zero-order chi connectivity index (χ0) is 11.7. The summed E-state index contributed by atoms with van der Waals surface area (Å²) in [6, 6.07) is 2.56. The Hall–Kier alpha value is -1.68. The second-order valence-electron chi connectivity index (χ2n) is 4.56. The van der Waals surface area contributed by atoms with E-state index in [2.05, 4.69) is 32.8 Å². The highest BCUT2D eigenvalue weighted by molar-refractivity contribution is 5.34. The number of hydrogen-bond donors (Lipinski definition) is 1. The lowest BCUT2D eigenvalue weighted by Crippen LogP contribution is -2.16. The molecular weight excluding hydrogens is 212 g/mol. The molecule has 4 nitrogen and oxygen atoms in total. The summed E-state index contributed by atoms with van der Waals surface area (Å²) in [5.41, 5.74) is 3.49. The van der Waals surface area contributed by atoms with Crippen molar-refractivity contribution in [1.29, 1.82) is 0 Å². The standard InChI is InChI=1S/C13H16N4/c1-10-5-11(7-14-6-10)17-9-15-8-13(17)12-3-2-4-16-12/h5-9,12,16H,2-4H2,1H3/t12-/m0/s1. The number of rotatable bonds is 2. The molecule has 0 amide bonds. The molecule has 0 radical (unpaired) electrons. The Labute approximate surface area is 101 Å². The molecule has 2 aromatic heterocycles. The fourth-order valence-corrected chi connectivity index (χ4v) is 2.39. The Morgan fingerprint density at radius 2 is 2.24 bits per heavy atom. The van der Waals surface area contributed by atoms with Crippen LogP contribution in [0.25, 0.3) is 5.69 Å². The summed E-state index contributed by atoms with van der Waals surface area (Å²) in [7, 11) is 0. The molecule has 1 aliphatic rings. The van der Waals surface area contributed by atoms with Gasteiger partial charge in [-0.2, -0.15) is 0 Å². The minimum atomic E-state index is 0.429. The number of aromatic nitrogens is 3. The predicted molar refractivity (Wildman–Crippen MR) is 66.1 cm³/mol. The van der Waals surface area contributed by atoms with Crippen LogP contribution in [0.2, 0.25) is 0 Å². The van der Waals surface area contributed by atoms with Crippen molar-refractivity contribution in [3.63, 3.8) is 0 Å². The largest absolute Gasteiger partial charge is 0.309 e. The Balaban J connectivity index is 2.00. The van der Waals surface area contributed by atoms with Crippen LogP contribution < -0.4 is 5.32 Å². The molecule has 0 aliphatic carbocycles. The van der Waals surface area contributed by atoms with Gasteiger partial charge in [-0.1, -0.05) is 0 Å². The molecule has 1 aliphatic heterocycles. The predicted octanol–water partition coefficient (Wildman–Crippen LogP) is 2.00. The van der Waals surface area contributed by atoms with Crippen molar-refractivity contribution in [2.75, 3.05) is 6.54 Å². The fourth-order valence-electron chi connectivity index (χ4n) is 2.39. The van der Waals surface area contributed by atoms with E-state index in [0.29, 0.717) is 6.04 Å². The number of hydrogen-bond acceptors (Lipinski definition) is 3. The lowest BCUT2D eigenvalue weighted by atomic mass is 10.1. The Morgan fingerprint density at radius 1 is 1.29 bits per heavy atom. The molecule has 1 fully saturated rings. The molecule has 0 aromatic carbocycles.